The standard InChI is InChI=1S/C20H16F2N4O2/c21-18-5-4-17(11-19(18)22)28-16-3-1-2-15(10-16)24-13-20(27)26-25-12-14-6-8-23-9-7-14/h1-11,13,25H,12H2,(H,26,27). The highest BCUT2D eigenvalue weighted by atomic mass is 19.2. The van der Waals surface area contributed by atoms with Crippen molar-refractivity contribution in [2.24, 2.45) is 4.99 Å². The predicted molar refractivity (Wildman–Crippen MR) is 100 cm³/mol. The summed E-state index contributed by atoms with van der Waals surface area (Å²) >= 11 is 0. The molecule has 28 heavy (non-hydrogen) atoms. The van der Waals surface area contributed by atoms with E-state index in [-0.39, 0.29) is 5.75 Å². The zero-order valence-corrected chi connectivity index (χ0v) is 14.6. The number of nitrogens with one attached hydrogen (secondary N) is 2. The number of halogens is 2. The van der Waals surface area contributed by atoms with Gasteiger partial charge in [0.2, 0.25) is 0 Å². The summed E-state index contributed by atoms with van der Waals surface area (Å²) in [7, 11) is 0. The van der Waals surface area contributed by atoms with E-state index in [9.17, 15) is 13.6 Å². The van der Waals surface area contributed by atoms with Crippen LogP contribution >= 0.6 is 0 Å². The highest BCUT2D eigenvalue weighted by Crippen LogP contribution is 2.26. The Labute approximate surface area is 159 Å². The summed E-state index contributed by atoms with van der Waals surface area (Å²) in [5.41, 5.74) is 6.71. The molecule has 0 aliphatic rings. The van der Waals surface area contributed by atoms with Crippen molar-refractivity contribution in [3.05, 3.63) is 84.2 Å². The van der Waals surface area contributed by atoms with Crippen LogP contribution in [0.25, 0.3) is 0 Å². The van der Waals surface area contributed by atoms with Crippen molar-refractivity contribution in [1.29, 1.82) is 0 Å². The number of aromatic nitrogens is 1. The van der Waals surface area contributed by atoms with Crippen molar-refractivity contribution < 1.29 is 18.3 Å². The molecule has 0 saturated heterocycles. The quantitative estimate of drug-likeness (QED) is 0.483. The maximum atomic E-state index is 13.2. The highest BCUT2D eigenvalue weighted by Gasteiger charge is 2.05. The Bertz CT molecular complexity index is 981. The minimum absolute atomic E-state index is 0.151. The molecule has 6 nitrogen and oxygen atoms in total. The van der Waals surface area contributed by atoms with E-state index in [0.29, 0.717) is 18.0 Å². The fourth-order valence-corrected chi connectivity index (χ4v) is 2.20. The average Bonchev–Trinajstić information content (AvgIpc) is 2.70. The van der Waals surface area contributed by atoms with Gasteiger partial charge < -0.3 is 4.74 Å². The molecule has 0 aliphatic carbocycles. The van der Waals surface area contributed by atoms with Gasteiger partial charge >= 0.3 is 0 Å². The van der Waals surface area contributed by atoms with E-state index in [4.69, 9.17) is 4.74 Å². The van der Waals surface area contributed by atoms with Crippen LogP contribution in [0.5, 0.6) is 11.5 Å². The molecule has 3 aromatic rings. The van der Waals surface area contributed by atoms with Gasteiger partial charge in [0.25, 0.3) is 5.91 Å². The lowest BCUT2D eigenvalue weighted by Crippen LogP contribution is -2.37. The van der Waals surface area contributed by atoms with Gasteiger partial charge in [0.15, 0.2) is 11.6 Å². The van der Waals surface area contributed by atoms with E-state index >= 15 is 0 Å². The number of carbonyl (C=O) groups is 1. The smallest absolute Gasteiger partial charge is 0.276 e. The van der Waals surface area contributed by atoms with Gasteiger partial charge in [-0.05, 0) is 42.0 Å². The van der Waals surface area contributed by atoms with Gasteiger partial charge in [-0.25, -0.2) is 14.2 Å². The minimum atomic E-state index is -0.998. The Balaban J connectivity index is 1.54. The van der Waals surface area contributed by atoms with Gasteiger partial charge in [0, 0.05) is 31.1 Å². The SMILES string of the molecule is O=C(C=Nc1cccc(Oc2ccc(F)c(F)c2)c1)NNCc1ccncc1. The summed E-state index contributed by atoms with van der Waals surface area (Å²) in [6, 6.07) is 13.4. The number of amides is 1. The Morgan fingerprint density at radius 1 is 1.04 bits per heavy atom. The molecule has 0 fully saturated rings. The molecule has 0 unspecified atom stereocenters. The summed E-state index contributed by atoms with van der Waals surface area (Å²) in [5.74, 6) is -1.85. The number of ether oxygens (including phenoxy) is 1. The maximum absolute atomic E-state index is 13.2. The topological polar surface area (TPSA) is 75.6 Å². The molecule has 3 rings (SSSR count). The van der Waals surface area contributed by atoms with Crippen molar-refractivity contribution in [3.63, 3.8) is 0 Å². The Kier molecular flexibility index (Phi) is 6.37. The van der Waals surface area contributed by atoms with Crippen LogP contribution in [0.15, 0.2) is 72.0 Å². The highest BCUT2D eigenvalue weighted by molar-refractivity contribution is 6.26. The number of benzene rings is 2. The van der Waals surface area contributed by atoms with Crippen LogP contribution in [0, 0.1) is 11.6 Å². The Morgan fingerprint density at radius 2 is 1.82 bits per heavy atom. The second-order valence-corrected chi connectivity index (χ2v) is 5.63. The molecule has 8 heteroatoms. The summed E-state index contributed by atoms with van der Waals surface area (Å²) in [4.78, 5) is 19.8. The molecule has 0 radical (unpaired) electrons. The van der Waals surface area contributed by atoms with Gasteiger partial charge in [0.05, 0.1) is 11.9 Å². The van der Waals surface area contributed by atoms with Crippen LogP contribution < -0.4 is 15.6 Å². The molecule has 2 N–H and O–H groups in total. The number of nitrogens with zero attached hydrogens (tertiary/aromatic N) is 2. The van der Waals surface area contributed by atoms with Gasteiger partial charge in [0.1, 0.15) is 11.5 Å². The molecule has 0 spiro atoms. The number of rotatable bonds is 7. The summed E-state index contributed by atoms with van der Waals surface area (Å²) in [6.07, 6.45) is 4.45. The van der Waals surface area contributed by atoms with Crippen molar-refractivity contribution in [3.8, 4) is 11.5 Å². The van der Waals surface area contributed by atoms with Crippen molar-refractivity contribution >= 4 is 17.8 Å². The molecule has 1 aromatic heterocycles. The summed E-state index contributed by atoms with van der Waals surface area (Å²) in [6.45, 7) is 0.444. The molecule has 142 valence electrons. The van der Waals surface area contributed by atoms with Crippen LogP contribution in [0.1, 0.15) is 5.56 Å². The normalized spacial score (nSPS) is 10.8. The van der Waals surface area contributed by atoms with Crippen LogP contribution in [0.2, 0.25) is 0 Å². The molecule has 0 saturated carbocycles. The molecule has 1 amide bonds. The predicted octanol–water partition coefficient (Wildman–Crippen LogP) is 3.68. The molecular weight excluding hydrogens is 366 g/mol. The number of aliphatic imine (C=N–C) groups is 1. The van der Waals surface area contributed by atoms with E-state index in [1.807, 2.05) is 12.1 Å². The van der Waals surface area contributed by atoms with E-state index < -0.39 is 17.5 Å². The van der Waals surface area contributed by atoms with Crippen molar-refractivity contribution in [2.75, 3.05) is 0 Å². The fraction of sp³-hybridized carbons (Fsp3) is 0.0500. The lowest BCUT2D eigenvalue weighted by Gasteiger charge is -2.07. The monoisotopic (exact) mass is 382 g/mol. The zero-order valence-electron chi connectivity index (χ0n) is 14.6. The summed E-state index contributed by atoms with van der Waals surface area (Å²) < 4.78 is 31.7. The third-order valence-electron chi connectivity index (χ3n) is 3.53. The van der Waals surface area contributed by atoms with Crippen molar-refractivity contribution in [2.45, 2.75) is 6.54 Å². The number of pyridine rings is 1. The molecule has 1 heterocycles. The molecule has 0 bridgehead atoms. The maximum Gasteiger partial charge on any atom is 0.276 e. The Morgan fingerprint density at radius 3 is 2.61 bits per heavy atom. The number of hydrogen-bond acceptors (Lipinski definition) is 5. The largest absolute Gasteiger partial charge is 0.457 e. The molecule has 0 aliphatic heterocycles. The third-order valence-corrected chi connectivity index (χ3v) is 3.53. The number of carbonyl (C=O) groups excluding carboxylic acids is 1. The second kappa shape index (κ2) is 9.33. The first-order chi connectivity index (χ1) is 13.6. The minimum Gasteiger partial charge on any atom is -0.457 e. The van der Waals surface area contributed by atoms with E-state index in [2.05, 4.69) is 20.8 Å². The average molecular weight is 382 g/mol. The van der Waals surface area contributed by atoms with Crippen molar-refractivity contribution in [1.82, 2.24) is 15.8 Å². The zero-order chi connectivity index (χ0) is 19.8. The first-order valence-corrected chi connectivity index (χ1v) is 8.29. The fourth-order valence-electron chi connectivity index (χ4n) is 2.20. The van der Waals surface area contributed by atoms with E-state index in [1.165, 1.54) is 6.07 Å². The number of hydrogen-bond donors (Lipinski definition) is 2. The lowest BCUT2D eigenvalue weighted by atomic mass is 10.3. The second-order valence-electron chi connectivity index (χ2n) is 5.63. The van der Waals surface area contributed by atoms with Gasteiger partial charge in [-0.3, -0.25) is 20.2 Å². The van der Waals surface area contributed by atoms with Crippen LogP contribution in [0.3, 0.4) is 0 Å². The van der Waals surface area contributed by atoms with Crippen LogP contribution in [-0.2, 0) is 11.3 Å². The lowest BCUT2D eigenvalue weighted by molar-refractivity contribution is -0.115. The van der Waals surface area contributed by atoms with Gasteiger partial charge in [-0.15, -0.1) is 0 Å². The third kappa shape index (κ3) is 5.68. The van der Waals surface area contributed by atoms with Crippen LogP contribution in [-0.4, -0.2) is 17.1 Å². The molecule has 2 aromatic carbocycles. The molecule has 0 atom stereocenters. The first-order valence-electron chi connectivity index (χ1n) is 8.29. The van der Waals surface area contributed by atoms with Gasteiger partial charge in [-0.2, -0.15) is 0 Å². The Hall–Kier alpha value is -3.65. The first kappa shape index (κ1) is 19.1. The van der Waals surface area contributed by atoms with E-state index in [1.54, 1.807) is 36.7 Å². The van der Waals surface area contributed by atoms with E-state index in [0.717, 1.165) is 23.9 Å². The van der Waals surface area contributed by atoms with Gasteiger partial charge in [-0.1, -0.05) is 6.07 Å². The van der Waals surface area contributed by atoms with Crippen LogP contribution in [0.4, 0.5) is 14.5 Å². The molecular formula is C20H16F2N4O2. The summed E-state index contributed by atoms with van der Waals surface area (Å²) in [5, 5.41) is 0. The number of hydrazine groups is 1.